The van der Waals surface area contributed by atoms with Gasteiger partial charge in [-0.2, -0.15) is 0 Å². The quantitative estimate of drug-likeness (QED) is 0.437. The highest BCUT2D eigenvalue weighted by Crippen LogP contribution is 2.26. The molecule has 2 aliphatic heterocycles. The van der Waals surface area contributed by atoms with Gasteiger partial charge in [0.2, 0.25) is 17.7 Å². The van der Waals surface area contributed by atoms with E-state index in [4.69, 9.17) is 5.73 Å². The summed E-state index contributed by atoms with van der Waals surface area (Å²) in [6.45, 7) is 0.883. The standard InChI is InChI=1S/C29H36N4O5/c30-23(18-21-11-5-2-6-12-21)28(37)33-16-8-14-25(33)29(38)32-15-7-13-24(32)27(36)31-22(19-26(34)35)17-20-9-3-1-4-10-20/h1-6,9-12,22-25H,7-8,13-19,30H2,(H,31,36)(H,34,35). The van der Waals surface area contributed by atoms with Crippen LogP contribution in [0.1, 0.15) is 43.2 Å². The van der Waals surface area contributed by atoms with Crippen LogP contribution in [0.4, 0.5) is 0 Å². The Morgan fingerprint density at radius 1 is 0.842 bits per heavy atom. The van der Waals surface area contributed by atoms with Crippen LogP contribution >= 0.6 is 0 Å². The maximum absolute atomic E-state index is 13.6. The first kappa shape index (κ1) is 27.3. The Bertz CT molecular complexity index is 1130. The molecule has 0 aliphatic carbocycles. The minimum atomic E-state index is -1.00. The van der Waals surface area contributed by atoms with Crippen molar-refractivity contribution in [2.24, 2.45) is 5.73 Å². The van der Waals surface area contributed by atoms with E-state index in [1.54, 1.807) is 9.80 Å². The van der Waals surface area contributed by atoms with Gasteiger partial charge in [0.1, 0.15) is 12.1 Å². The Balaban J connectivity index is 1.41. The molecule has 9 heteroatoms. The number of nitrogens with zero attached hydrogens (tertiary/aromatic N) is 2. The lowest BCUT2D eigenvalue weighted by molar-refractivity contribution is -0.147. The van der Waals surface area contributed by atoms with Crippen LogP contribution in [0.5, 0.6) is 0 Å². The van der Waals surface area contributed by atoms with Crippen molar-refractivity contribution in [1.29, 1.82) is 0 Å². The summed E-state index contributed by atoms with van der Waals surface area (Å²) in [6.07, 6.45) is 2.94. The van der Waals surface area contributed by atoms with Crippen molar-refractivity contribution in [2.45, 2.75) is 69.1 Å². The molecule has 0 aromatic heterocycles. The lowest BCUT2D eigenvalue weighted by Crippen LogP contribution is -2.56. The Labute approximate surface area is 223 Å². The number of carbonyl (C=O) groups is 4. The van der Waals surface area contributed by atoms with Gasteiger partial charge in [-0.25, -0.2) is 0 Å². The second kappa shape index (κ2) is 12.7. The first-order valence-electron chi connectivity index (χ1n) is 13.3. The molecule has 2 aliphatic rings. The minimum Gasteiger partial charge on any atom is -0.481 e. The van der Waals surface area contributed by atoms with E-state index >= 15 is 0 Å². The predicted octanol–water partition coefficient (Wildman–Crippen LogP) is 1.74. The normalized spacial score (nSPS) is 20.7. The van der Waals surface area contributed by atoms with Gasteiger partial charge in [0.25, 0.3) is 0 Å². The molecule has 0 radical (unpaired) electrons. The summed E-state index contributed by atoms with van der Waals surface area (Å²) in [5.74, 6) is -1.85. The van der Waals surface area contributed by atoms with Crippen molar-refractivity contribution in [2.75, 3.05) is 13.1 Å². The van der Waals surface area contributed by atoms with Crippen molar-refractivity contribution in [3.05, 3.63) is 71.8 Å². The van der Waals surface area contributed by atoms with E-state index < -0.39 is 30.1 Å². The van der Waals surface area contributed by atoms with Crippen molar-refractivity contribution >= 4 is 23.7 Å². The molecule has 0 bridgehead atoms. The zero-order valence-electron chi connectivity index (χ0n) is 21.5. The zero-order chi connectivity index (χ0) is 27.1. The van der Waals surface area contributed by atoms with E-state index in [-0.39, 0.29) is 24.1 Å². The van der Waals surface area contributed by atoms with Gasteiger partial charge >= 0.3 is 5.97 Å². The number of nitrogens with one attached hydrogen (secondary N) is 1. The van der Waals surface area contributed by atoms with Crippen LogP contribution in [-0.4, -0.2) is 75.9 Å². The Hall–Kier alpha value is -3.72. The Morgan fingerprint density at radius 3 is 2.00 bits per heavy atom. The molecule has 2 aromatic rings. The zero-order valence-corrected chi connectivity index (χ0v) is 21.5. The number of carboxylic acids is 1. The van der Waals surface area contributed by atoms with E-state index in [1.165, 1.54) is 0 Å². The third-order valence-corrected chi connectivity index (χ3v) is 7.37. The number of aliphatic carboxylic acids is 1. The average Bonchev–Trinajstić information content (AvgIpc) is 3.59. The molecule has 0 spiro atoms. The second-order valence-electron chi connectivity index (χ2n) is 10.2. The number of hydrogen-bond donors (Lipinski definition) is 3. The summed E-state index contributed by atoms with van der Waals surface area (Å²) in [7, 11) is 0. The number of benzene rings is 2. The molecule has 2 saturated heterocycles. The van der Waals surface area contributed by atoms with E-state index in [1.807, 2.05) is 60.7 Å². The summed E-state index contributed by atoms with van der Waals surface area (Å²) in [5, 5.41) is 12.3. The van der Waals surface area contributed by atoms with Crippen LogP contribution in [0.3, 0.4) is 0 Å². The smallest absolute Gasteiger partial charge is 0.305 e. The number of carbonyl (C=O) groups excluding carboxylic acids is 3. The molecule has 2 aromatic carbocycles. The number of likely N-dealkylation sites (tertiary alicyclic amines) is 2. The number of nitrogens with two attached hydrogens (primary N) is 1. The molecule has 3 amide bonds. The molecule has 9 nitrogen and oxygen atoms in total. The van der Waals surface area contributed by atoms with Gasteiger partial charge in [-0.3, -0.25) is 19.2 Å². The largest absolute Gasteiger partial charge is 0.481 e. The lowest BCUT2D eigenvalue weighted by Gasteiger charge is -2.32. The fourth-order valence-corrected chi connectivity index (χ4v) is 5.53. The molecule has 38 heavy (non-hydrogen) atoms. The Morgan fingerprint density at radius 2 is 1.39 bits per heavy atom. The topological polar surface area (TPSA) is 133 Å². The molecular formula is C29H36N4O5. The van der Waals surface area contributed by atoms with Crippen LogP contribution in [0.2, 0.25) is 0 Å². The van der Waals surface area contributed by atoms with Crippen molar-refractivity contribution in [1.82, 2.24) is 15.1 Å². The van der Waals surface area contributed by atoms with E-state index in [0.29, 0.717) is 51.6 Å². The number of rotatable bonds is 10. The van der Waals surface area contributed by atoms with E-state index in [0.717, 1.165) is 11.1 Å². The van der Waals surface area contributed by atoms with Gasteiger partial charge in [0, 0.05) is 19.1 Å². The third-order valence-electron chi connectivity index (χ3n) is 7.37. The molecule has 0 saturated carbocycles. The van der Waals surface area contributed by atoms with Gasteiger partial charge in [-0.15, -0.1) is 0 Å². The SMILES string of the molecule is NC(Cc1ccccc1)C(=O)N1CCCC1C(=O)N1CCCC1C(=O)NC(CC(=O)O)Cc1ccccc1. The summed E-state index contributed by atoms with van der Waals surface area (Å²) in [5.41, 5.74) is 8.13. The van der Waals surface area contributed by atoms with E-state index in [2.05, 4.69) is 5.32 Å². The maximum Gasteiger partial charge on any atom is 0.305 e. The molecule has 4 atom stereocenters. The highest BCUT2D eigenvalue weighted by molar-refractivity contribution is 5.94. The maximum atomic E-state index is 13.6. The number of carboxylic acid groups (broad SMARTS) is 1. The average molecular weight is 521 g/mol. The van der Waals surface area contributed by atoms with Crippen molar-refractivity contribution < 1.29 is 24.3 Å². The summed E-state index contributed by atoms with van der Waals surface area (Å²) >= 11 is 0. The van der Waals surface area contributed by atoms with Crippen molar-refractivity contribution in [3.8, 4) is 0 Å². The summed E-state index contributed by atoms with van der Waals surface area (Å²) < 4.78 is 0. The van der Waals surface area contributed by atoms with Crippen LogP contribution in [0.25, 0.3) is 0 Å². The first-order valence-corrected chi connectivity index (χ1v) is 13.3. The highest BCUT2D eigenvalue weighted by atomic mass is 16.4. The van der Waals surface area contributed by atoms with Gasteiger partial charge in [-0.1, -0.05) is 60.7 Å². The molecule has 2 heterocycles. The van der Waals surface area contributed by atoms with Crippen LogP contribution in [0.15, 0.2) is 60.7 Å². The molecule has 202 valence electrons. The minimum absolute atomic E-state index is 0.217. The third kappa shape index (κ3) is 6.77. The van der Waals surface area contributed by atoms with E-state index in [9.17, 15) is 24.3 Å². The van der Waals surface area contributed by atoms with Gasteiger partial charge in [0.05, 0.1) is 12.5 Å². The second-order valence-corrected chi connectivity index (χ2v) is 10.2. The summed E-state index contributed by atoms with van der Waals surface area (Å²) in [6, 6.07) is 16.2. The first-order chi connectivity index (χ1) is 18.3. The fourth-order valence-electron chi connectivity index (χ4n) is 5.53. The fraction of sp³-hybridized carbons (Fsp3) is 0.448. The van der Waals surface area contributed by atoms with Crippen LogP contribution < -0.4 is 11.1 Å². The van der Waals surface area contributed by atoms with Crippen molar-refractivity contribution in [3.63, 3.8) is 0 Å². The lowest BCUT2D eigenvalue weighted by atomic mass is 10.0. The Kier molecular flexibility index (Phi) is 9.12. The predicted molar refractivity (Wildman–Crippen MR) is 142 cm³/mol. The van der Waals surface area contributed by atoms with Gasteiger partial charge in [0.15, 0.2) is 0 Å². The molecule has 4 N–H and O–H groups in total. The molecule has 4 unspecified atom stereocenters. The number of hydrogen-bond acceptors (Lipinski definition) is 5. The monoisotopic (exact) mass is 520 g/mol. The van der Waals surface area contributed by atoms with Gasteiger partial charge in [-0.05, 0) is 49.7 Å². The molecule has 2 fully saturated rings. The van der Waals surface area contributed by atoms with Crippen LogP contribution in [0, 0.1) is 0 Å². The number of amides is 3. The van der Waals surface area contributed by atoms with Gasteiger partial charge < -0.3 is 26.0 Å². The highest BCUT2D eigenvalue weighted by Gasteiger charge is 2.43. The molecular weight excluding hydrogens is 484 g/mol. The van der Waals surface area contributed by atoms with Crippen LogP contribution in [-0.2, 0) is 32.0 Å². The summed E-state index contributed by atoms with van der Waals surface area (Å²) in [4.78, 5) is 54.7. The molecule has 4 rings (SSSR count).